The van der Waals surface area contributed by atoms with Gasteiger partial charge >= 0.3 is 0 Å². The molecule has 2 aliphatic carbocycles. The van der Waals surface area contributed by atoms with E-state index < -0.39 is 58.4 Å². The molecule has 8 rings (SSSR count). The van der Waals surface area contributed by atoms with E-state index in [0.717, 1.165) is 11.1 Å². The predicted molar refractivity (Wildman–Crippen MR) is 207 cm³/mol. The number of Topliss-reactive ketones (excluding diaryl/α,β-unsaturated/α-hetero) is 6. The molecule has 6 nitrogen and oxygen atoms in total. The van der Waals surface area contributed by atoms with Crippen molar-refractivity contribution in [1.29, 1.82) is 0 Å². The fourth-order valence-corrected chi connectivity index (χ4v) is 7.43. The minimum Gasteiger partial charge on any atom is -0.297 e. The fourth-order valence-electron chi connectivity index (χ4n) is 7.18. The third kappa shape index (κ3) is 6.90. The lowest BCUT2D eigenvalue weighted by Crippen LogP contribution is -2.31. The third-order valence-corrected chi connectivity index (χ3v) is 10.3. The Labute approximate surface area is 321 Å². The molecule has 0 saturated carbocycles. The number of ketones is 6. The number of carbonyl (C=O) groups is 6. The van der Waals surface area contributed by atoms with Crippen molar-refractivity contribution < 1.29 is 28.8 Å². The summed E-state index contributed by atoms with van der Waals surface area (Å²) in [5.74, 6) is -6.53. The van der Waals surface area contributed by atoms with E-state index in [-0.39, 0.29) is 0 Å². The van der Waals surface area contributed by atoms with Gasteiger partial charge in [-0.3, -0.25) is 28.8 Å². The van der Waals surface area contributed by atoms with Crippen LogP contribution in [0.3, 0.4) is 0 Å². The van der Waals surface area contributed by atoms with E-state index in [1.807, 2.05) is 60.7 Å². The van der Waals surface area contributed by atoms with Crippen LogP contribution in [0.25, 0.3) is 0 Å². The van der Waals surface area contributed by atoms with Crippen LogP contribution in [0.4, 0.5) is 0 Å². The van der Waals surface area contributed by atoms with Gasteiger partial charge in [0, 0.05) is 32.3 Å². The Hall–Kier alpha value is -6.08. The molecule has 0 aromatic heterocycles. The maximum atomic E-state index is 13.4. The number of hydrogen-bond acceptors (Lipinski definition) is 6. The molecule has 0 fully saturated rings. The standard InChI is InChI=1S/2C23H15ClO3/c2*24-16-12-10-15(11-13-16)19(14-6-2-1-3-7-14)23(27)20-21(25)17-8-4-5-9-18(17)22(20)26/h2*1-13,19-20H. The largest absolute Gasteiger partial charge is 0.297 e. The van der Waals surface area contributed by atoms with E-state index >= 15 is 0 Å². The van der Waals surface area contributed by atoms with E-state index in [1.165, 1.54) is 0 Å². The first-order valence-corrected chi connectivity index (χ1v) is 17.9. The molecule has 0 heterocycles. The predicted octanol–water partition coefficient (Wildman–Crippen LogP) is 9.47. The number of benzene rings is 6. The monoisotopic (exact) mass is 748 g/mol. The summed E-state index contributed by atoms with van der Waals surface area (Å²) in [4.78, 5) is 78.1. The molecule has 0 bridgehead atoms. The van der Waals surface area contributed by atoms with Gasteiger partial charge in [-0.15, -0.1) is 0 Å². The molecular formula is C46H30Cl2O6. The van der Waals surface area contributed by atoms with Crippen LogP contribution >= 0.6 is 23.2 Å². The summed E-state index contributed by atoms with van der Waals surface area (Å²) < 4.78 is 0. The van der Waals surface area contributed by atoms with Crippen molar-refractivity contribution in [3.63, 3.8) is 0 Å². The molecule has 2 unspecified atom stereocenters. The van der Waals surface area contributed by atoms with Crippen LogP contribution < -0.4 is 0 Å². The lowest BCUT2D eigenvalue weighted by atomic mass is 9.80. The van der Waals surface area contributed by atoms with Gasteiger partial charge in [0.15, 0.2) is 34.7 Å². The van der Waals surface area contributed by atoms with Crippen LogP contribution in [0.15, 0.2) is 158 Å². The molecule has 0 spiro atoms. The van der Waals surface area contributed by atoms with Crippen molar-refractivity contribution in [2.45, 2.75) is 11.8 Å². The number of carbonyl (C=O) groups excluding carboxylic acids is 6. The maximum Gasteiger partial charge on any atom is 0.181 e. The van der Waals surface area contributed by atoms with Crippen molar-refractivity contribution in [3.05, 3.63) is 212 Å². The summed E-state index contributed by atoms with van der Waals surface area (Å²) in [7, 11) is 0. The Morgan fingerprint density at radius 2 is 0.593 bits per heavy atom. The molecule has 2 atom stereocenters. The fraction of sp³-hybridized carbons (Fsp3) is 0.0870. The van der Waals surface area contributed by atoms with Gasteiger partial charge in [0.1, 0.15) is 11.8 Å². The van der Waals surface area contributed by atoms with Crippen LogP contribution in [0.2, 0.25) is 10.0 Å². The van der Waals surface area contributed by atoms with E-state index in [4.69, 9.17) is 23.2 Å². The van der Waals surface area contributed by atoms with Crippen molar-refractivity contribution in [3.8, 4) is 0 Å². The van der Waals surface area contributed by atoms with E-state index in [0.29, 0.717) is 43.4 Å². The zero-order valence-corrected chi connectivity index (χ0v) is 30.0. The second-order valence-corrected chi connectivity index (χ2v) is 13.9. The highest BCUT2D eigenvalue weighted by molar-refractivity contribution is 6.37. The maximum absolute atomic E-state index is 13.4. The second kappa shape index (κ2) is 15.5. The number of hydrogen-bond donors (Lipinski definition) is 0. The molecule has 6 aromatic rings. The molecule has 0 aliphatic heterocycles. The van der Waals surface area contributed by atoms with Crippen LogP contribution in [0, 0.1) is 11.8 Å². The average Bonchev–Trinajstić information content (AvgIpc) is 3.61. The Balaban J connectivity index is 0.000000167. The van der Waals surface area contributed by atoms with Crippen LogP contribution in [0.5, 0.6) is 0 Å². The molecule has 264 valence electrons. The van der Waals surface area contributed by atoms with Crippen molar-refractivity contribution in [2.75, 3.05) is 0 Å². The molecule has 2 aliphatic rings. The van der Waals surface area contributed by atoms with Crippen LogP contribution in [-0.4, -0.2) is 34.7 Å². The zero-order valence-electron chi connectivity index (χ0n) is 28.5. The van der Waals surface area contributed by atoms with Gasteiger partial charge in [0.25, 0.3) is 0 Å². The molecule has 0 saturated heterocycles. The van der Waals surface area contributed by atoms with Gasteiger partial charge < -0.3 is 0 Å². The summed E-state index contributed by atoms with van der Waals surface area (Å²) in [6.07, 6.45) is 0. The second-order valence-electron chi connectivity index (χ2n) is 13.0. The Morgan fingerprint density at radius 3 is 0.870 bits per heavy atom. The van der Waals surface area contributed by atoms with Gasteiger partial charge in [0.2, 0.25) is 0 Å². The topological polar surface area (TPSA) is 102 Å². The molecular weight excluding hydrogens is 719 g/mol. The highest BCUT2D eigenvalue weighted by atomic mass is 35.5. The first-order valence-electron chi connectivity index (χ1n) is 17.2. The highest BCUT2D eigenvalue weighted by Crippen LogP contribution is 2.37. The minimum atomic E-state index is -1.30. The van der Waals surface area contributed by atoms with Gasteiger partial charge in [-0.05, 0) is 46.5 Å². The lowest BCUT2D eigenvalue weighted by Gasteiger charge is -2.19. The smallest absolute Gasteiger partial charge is 0.181 e. The van der Waals surface area contributed by atoms with Crippen LogP contribution in [-0.2, 0) is 9.59 Å². The van der Waals surface area contributed by atoms with E-state index in [2.05, 4.69) is 0 Å². The summed E-state index contributed by atoms with van der Waals surface area (Å²) >= 11 is 12.0. The third-order valence-electron chi connectivity index (χ3n) is 9.78. The quantitative estimate of drug-likeness (QED) is 0.144. The summed E-state index contributed by atoms with van der Waals surface area (Å²) in [6, 6.07) is 45.4. The Bertz CT molecular complexity index is 2180. The highest BCUT2D eigenvalue weighted by Gasteiger charge is 2.47. The molecule has 0 N–H and O–H groups in total. The molecule has 54 heavy (non-hydrogen) atoms. The van der Waals surface area contributed by atoms with Gasteiger partial charge in [-0.25, -0.2) is 0 Å². The Morgan fingerprint density at radius 1 is 0.352 bits per heavy atom. The van der Waals surface area contributed by atoms with Gasteiger partial charge in [-0.1, -0.05) is 157 Å². The van der Waals surface area contributed by atoms with E-state index in [9.17, 15) is 28.8 Å². The zero-order chi connectivity index (χ0) is 37.9. The molecule has 0 amide bonds. The average molecular weight is 750 g/mol. The van der Waals surface area contributed by atoms with Crippen molar-refractivity contribution >= 4 is 57.9 Å². The first-order chi connectivity index (χ1) is 26.2. The summed E-state index contributed by atoms with van der Waals surface area (Å²) in [5, 5.41) is 1.11. The molecule has 8 heteroatoms. The SMILES string of the molecule is O=C1c2ccccc2C(=O)C1C(=O)C(c1ccccc1)c1ccc(Cl)cc1.O=C1c2ccccc2C(=O)C1C(=O)C(c1ccccc1)c1ccc(Cl)cc1. The minimum absolute atomic E-state index is 0.323. The Kier molecular flexibility index (Phi) is 10.4. The summed E-state index contributed by atoms with van der Waals surface area (Å²) in [5.41, 5.74) is 4.17. The lowest BCUT2D eigenvalue weighted by molar-refractivity contribution is -0.121. The van der Waals surface area contributed by atoms with Gasteiger partial charge in [0.05, 0.1) is 11.8 Å². The van der Waals surface area contributed by atoms with Crippen molar-refractivity contribution in [1.82, 2.24) is 0 Å². The van der Waals surface area contributed by atoms with Gasteiger partial charge in [-0.2, -0.15) is 0 Å². The van der Waals surface area contributed by atoms with Crippen LogP contribution in [0.1, 0.15) is 75.5 Å². The van der Waals surface area contributed by atoms with E-state index in [1.54, 1.807) is 97.1 Å². The number of rotatable bonds is 8. The first kappa shape index (κ1) is 36.3. The number of fused-ring (bicyclic) bond motifs is 2. The normalized spacial score (nSPS) is 14.9. The molecule has 0 radical (unpaired) electrons. The van der Waals surface area contributed by atoms with Crippen molar-refractivity contribution in [2.24, 2.45) is 11.8 Å². The number of halogens is 2. The summed E-state index contributed by atoms with van der Waals surface area (Å²) in [6.45, 7) is 0. The molecule has 6 aromatic carbocycles.